The first-order valence-electron chi connectivity index (χ1n) is 12.2. The number of aromatic nitrogens is 3. The third kappa shape index (κ3) is 5.22. The summed E-state index contributed by atoms with van der Waals surface area (Å²) in [5.74, 6) is 0.220. The molecule has 9 nitrogen and oxygen atoms in total. The summed E-state index contributed by atoms with van der Waals surface area (Å²) in [6, 6.07) is 17.7. The Bertz CT molecular complexity index is 1300. The van der Waals surface area contributed by atoms with E-state index in [2.05, 4.69) is 12.1 Å². The highest BCUT2D eigenvalue weighted by atomic mass is 35.5. The van der Waals surface area contributed by atoms with Gasteiger partial charge in [0.15, 0.2) is 0 Å². The lowest BCUT2D eigenvalue weighted by atomic mass is 9.91. The molecule has 2 aliphatic rings. The summed E-state index contributed by atoms with van der Waals surface area (Å²) in [6.45, 7) is 2.53. The molecule has 2 aliphatic heterocycles. The quantitative estimate of drug-likeness (QED) is 0.503. The van der Waals surface area contributed by atoms with Gasteiger partial charge in [-0.05, 0) is 42.0 Å². The van der Waals surface area contributed by atoms with Gasteiger partial charge in [-0.1, -0.05) is 54.1 Å². The third-order valence-corrected chi connectivity index (χ3v) is 7.00. The number of carbonyl (C=O) groups is 1. The Morgan fingerprint density at radius 3 is 2.50 bits per heavy atom. The van der Waals surface area contributed by atoms with Crippen LogP contribution in [-0.2, 0) is 22.6 Å². The molecule has 1 fully saturated rings. The first kappa shape index (κ1) is 24.3. The largest absolute Gasteiger partial charge is 0.381 e. The molecule has 2 aromatic carbocycles. The number of rotatable bonds is 8. The normalized spacial score (nSPS) is 18.4. The topological polar surface area (TPSA) is 108 Å². The number of nitrogens with zero attached hydrogens (tertiary/aromatic N) is 5. The molecule has 2 N–H and O–H groups in total. The molecular formula is C26H29ClN6O3. The summed E-state index contributed by atoms with van der Waals surface area (Å²) in [4.78, 5) is 24.9. The van der Waals surface area contributed by atoms with Crippen molar-refractivity contribution < 1.29 is 9.53 Å². The number of hydrazone groups is 1. The Morgan fingerprint density at radius 2 is 1.81 bits per heavy atom. The third-order valence-electron chi connectivity index (χ3n) is 6.74. The highest BCUT2D eigenvalue weighted by Crippen LogP contribution is 2.31. The van der Waals surface area contributed by atoms with Gasteiger partial charge in [0.05, 0.1) is 12.3 Å². The molecule has 10 heteroatoms. The Hall–Kier alpha value is -3.43. The molecule has 3 aromatic rings. The van der Waals surface area contributed by atoms with Crippen molar-refractivity contribution in [1.82, 2.24) is 14.3 Å². The lowest BCUT2D eigenvalue weighted by molar-refractivity contribution is -0.118. The number of nitrogens with two attached hydrogens (primary N) is 1. The summed E-state index contributed by atoms with van der Waals surface area (Å²) in [7, 11) is 0. The first-order chi connectivity index (χ1) is 17.5. The number of halogens is 1. The summed E-state index contributed by atoms with van der Waals surface area (Å²) >= 11 is 6.13. The second-order valence-electron chi connectivity index (χ2n) is 9.23. The minimum atomic E-state index is -0.473. The van der Waals surface area contributed by atoms with E-state index < -0.39 is 5.91 Å². The molecule has 36 heavy (non-hydrogen) atoms. The van der Waals surface area contributed by atoms with Crippen molar-refractivity contribution in [3.8, 4) is 0 Å². The van der Waals surface area contributed by atoms with Crippen LogP contribution in [-0.4, -0.2) is 45.7 Å². The Balaban J connectivity index is 1.53. The van der Waals surface area contributed by atoms with Gasteiger partial charge in [-0.3, -0.25) is 9.36 Å². The maximum absolute atomic E-state index is 13.4. The van der Waals surface area contributed by atoms with Gasteiger partial charge in [-0.15, -0.1) is 5.10 Å². The molecule has 188 valence electrons. The van der Waals surface area contributed by atoms with E-state index in [1.54, 1.807) is 5.01 Å². The second-order valence-corrected chi connectivity index (χ2v) is 9.66. The Morgan fingerprint density at radius 1 is 1.08 bits per heavy atom. The molecule has 0 spiro atoms. The molecule has 1 atom stereocenters. The highest BCUT2D eigenvalue weighted by molar-refractivity contribution is 6.30. The molecule has 1 aromatic heterocycles. The van der Waals surface area contributed by atoms with Gasteiger partial charge >= 0.3 is 5.69 Å². The number of hydrogen-bond donors (Lipinski definition) is 1. The molecule has 0 aliphatic carbocycles. The van der Waals surface area contributed by atoms with E-state index in [9.17, 15) is 9.59 Å². The van der Waals surface area contributed by atoms with Crippen molar-refractivity contribution in [1.29, 1.82) is 0 Å². The van der Waals surface area contributed by atoms with Crippen LogP contribution in [0.25, 0.3) is 0 Å². The monoisotopic (exact) mass is 508 g/mol. The summed E-state index contributed by atoms with van der Waals surface area (Å²) in [5, 5.41) is 12.1. The standard InChI is InChI=1S/C26H29ClN6O3/c27-21-8-6-20(7-9-21)24-22(19-4-2-1-3-5-19)17-32(29-24)25-30-33(16-18-11-14-36-15-12-18)26(35)31(25)13-10-23(28)34/h1-9,18,22H,10-17H2,(H2,28,34)/t22-/m0/s1. The van der Waals surface area contributed by atoms with Gasteiger partial charge in [-0.25, -0.2) is 14.5 Å². The number of benzene rings is 2. The molecule has 5 rings (SSSR count). The average Bonchev–Trinajstić information content (AvgIpc) is 3.46. The Labute approximate surface area is 214 Å². The van der Waals surface area contributed by atoms with Gasteiger partial charge in [0.1, 0.15) is 0 Å². The van der Waals surface area contributed by atoms with Gasteiger partial charge in [-0.2, -0.15) is 5.10 Å². The van der Waals surface area contributed by atoms with Crippen LogP contribution >= 0.6 is 11.6 Å². The lowest BCUT2D eigenvalue weighted by Gasteiger charge is -2.21. The molecule has 1 saturated heterocycles. The predicted octanol–water partition coefficient (Wildman–Crippen LogP) is 3.01. The maximum Gasteiger partial charge on any atom is 0.347 e. The molecule has 0 unspecified atom stereocenters. The van der Waals surface area contributed by atoms with Gasteiger partial charge < -0.3 is 10.5 Å². The van der Waals surface area contributed by atoms with Crippen LogP contribution < -0.4 is 16.4 Å². The molecule has 1 amide bonds. The van der Waals surface area contributed by atoms with Crippen LogP contribution in [0.1, 0.15) is 36.3 Å². The van der Waals surface area contributed by atoms with Crippen LogP contribution in [0.2, 0.25) is 5.02 Å². The smallest absolute Gasteiger partial charge is 0.347 e. The zero-order valence-electron chi connectivity index (χ0n) is 19.9. The summed E-state index contributed by atoms with van der Waals surface area (Å²) < 4.78 is 8.47. The predicted molar refractivity (Wildman–Crippen MR) is 138 cm³/mol. The van der Waals surface area contributed by atoms with Crippen LogP contribution in [0.5, 0.6) is 0 Å². The zero-order chi connectivity index (χ0) is 25.1. The first-order valence-corrected chi connectivity index (χ1v) is 12.6. The molecule has 0 radical (unpaired) electrons. The fourth-order valence-electron chi connectivity index (χ4n) is 4.79. The zero-order valence-corrected chi connectivity index (χ0v) is 20.7. The second kappa shape index (κ2) is 10.7. The van der Waals surface area contributed by atoms with Crippen molar-refractivity contribution in [2.45, 2.75) is 38.3 Å². The lowest BCUT2D eigenvalue weighted by Crippen LogP contribution is -2.31. The van der Waals surface area contributed by atoms with Gasteiger partial charge in [0.25, 0.3) is 0 Å². The van der Waals surface area contributed by atoms with Gasteiger partial charge in [0.2, 0.25) is 11.9 Å². The SMILES string of the molecule is NC(=O)CCn1c(N2C[C@@H](c3ccccc3)C(c3ccc(Cl)cc3)=N2)nn(CC2CCOCC2)c1=O. The number of primary amides is 1. The Kier molecular flexibility index (Phi) is 7.20. The fourth-order valence-corrected chi connectivity index (χ4v) is 4.91. The van der Waals surface area contributed by atoms with Crippen molar-refractivity contribution in [3.63, 3.8) is 0 Å². The number of amides is 1. The van der Waals surface area contributed by atoms with Crippen molar-refractivity contribution >= 4 is 29.2 Å². The van der Waals surface area contributed by atoms with Crippen molar-refractivity contribution in [2.75, 3.05) is 24.8 Å². The molecule has 3 heterocycles. The fraction of sp³-hybridized carbons (Fsp3) is 0.385. The van der Waals surface area contributed by atoms with E-state index in [-0.39, 0.29) is 24.6 Å². The van der Waals surface area contributed by atoms with E-state index in [1.807, 2.05) is 42.5 Å². The van der Waals surface area contributed by atoms with Crippen LogP contribution in [0.3, 0.4) is 0 Å². The maximum atomic E-state index is 13.4. The van der Waals surface area contributed by atoms with E-state index in [0.717, 1.165) is 29.7 Å². The minimum absolute atomic E-state index is 0.0345. The molecule has 0 bridgehead atoms. The number of ether oxygens (including phenoxy) is 1. The number of hydrogen-bond acceptors (Lipinski definition) is 6. The highest BCUT2D eigenvalue weighted by Gasteiger charge is 2.33. The average molecular weight is 509 g/mol. The van der Waals surface area contributed by atoms with E-state index in [0.29, 0.717) is 43.2 Å². The summed E-state index contributed by atoms with van der Waals surface area (Å²) in [6.07, 6.45) is 1.81. The molecular weight excluding hydrogens is 480 g/mol. The number of anilines is 1. The summed E-state index contributed by atoms with van der Waals surface area (Å²) in [5.41, 5.74) is 8.08. The van der Waals surface area contributed by atoms with Crippen LogP contribution in [0, 0.1) is 5.92 Å². The van der Waals surface area contributed by atoms with Crippen LogP contribution in [0.15, 0.2) is 64.5 Å². The molecule has 0 saturated carbocycles. The van der Waals surface area contributed by atoms with E-state index >= 15 is 0 Å². The van der Waals surface area contributed by atoms with Gasteiger partial charge in [0, 0.05) is 43.7 Å². The van der Waals surface area contributed by atoms with E-state index in [1.165, 1.54) is 9.25 Å². The minimum Gasteiger partial charge on any atom is -0.381 e. The van der Waals surface area contributed by atoms with Crippen LogP contribution in [0.4, 0.5) is 5.95 Å². The van der Waals surface area contributed by atoms with Crippen molar-refractivity contribution in [2.24, 2.45) is 16.8 Å². The van der Waals surface area contributed by atoms with Crippen molar-refractivity contribution in [3.05, 3.63) is 81.2 Å². The van der Waals surface area contributed by atoms with E-state index in [4.69, 9.17) is 32.3 Å². The number of carbonyl (C=O) groups excluding carboxylic acids is 1.